The maximum absolute atomic E-state index is 12.8. The molecule has 2 aliphatic rings. The molecule has 0 radical (unpaired) electrons. The fourth-order valence-electron chi connectivity index (χ4n) is 6.32. The smallest absolute Gasteiger partial charge is 0.310 e. The average molecular weight is 514 g/mol. The van der Waals surface area contributed by atoms with Crippen molar-refractivity contribution in [2.75, 3.05) is 13.1 Å². The van der Waals surface area contributed by atoms with E-state index in [9.17, 15) is 4.79 Å². The number of likely N-dealkylation sites (tertiary alicyclic amines) is 1. The van der Waals surface area contributed by atoms with Gasteiger partial charge in [0.15, 0.2) is 0 Å². The first-order chi connectivity index (χ1) is 18.3. The molecule has 0 amide bonds. The molecule has 1 heterocycles. The minimum absolute atomic E-state index is 0.0764. The van der Waals surface area contributed by atoms with Crippen molar-refractivity contribution in [1.29, 1.82) is 0 Å². The predicted molar refractivity (Wildman–Crippen MR) is 154 cm³/mol. The number of hydrogen-bond acceptors (Lipinski definition) is 4. The highest BCUT2D eigenvalue weighted by molar-refractivity contribution is 5.90. The van der Waals surface area contributed by atoms with E-state index in [-0.39, 0.29) is 18.0 Å². The molecule has 4 nitrogen and oxygen atoms in total. The molecular weight excluding hydrogens is 470 g/mol. The fraction of sp³-hybridized carbons (Fsp3) is 0.500. The SMILES string of the molecule is Cc1cc(O[C@H]2CC[C@H](C(C)(C)C)CC2)c(CN2CC[C@@H](C(=O)OCc3ccccc3)C2)c2ccccc12. The van der Waals surface area contributed by atoms with E-state index in [2.05, 4.69) is 62.9 Å². The van der Waals surface area contributed by atoms with E-state index in [4.69, 9.17) is 9.47 Å². The summed E-state index contributed by atoms with van der Waals surface area (Å²) in [5, 5.41) is 2.55. The molecule has 38 heavy (non-hydrogen) atoms. The molecule has 202 valence electrons. The second kappa shape index (κ2) is 11.5. The quantitative estimate of drug-likeness (QED) is 0.304. The first-order valence-corrected chi connectivity index (χ1v) is 14.4. The van der Waals surface area contributed by atoms with Gasteiger partial charge < -0.3 is 9.47 Å². The first-order valence-electron chi connectivity index (χ1n) is 14.4. The maximum Gasteiger partial charge on any atom is 0.310 e. The van der Waals surface area contributed by atoms with Gasteiger partial charge in [-0.25, -0.2) is 0 Å². The Morgan fingerprint density at radius 2 is 1.61 bits per heavy atom. The van der Waals surface area contributed by atoms with Gasteiger partial charge in [0.2, 0.25) is 0 Å². The van der Waals surface area contributed by atoms with Crippen molar-refractivity contribution in [3.05, 3.63) is 77.4 Å². The van der Waals surface area contributed by atoms with Crippen LogP contribution in [0.5, 0.6) is 5.75 Å². The monoisotopic (exact) mass is 513 g/mol. The van der Waals surface area contributed by atoms with Crippen LogP contribution in [0.1, 0.15) is 69.6 Å². The number of aryl methyl sites for hydroxylation is 1. The highest BCUT2D eigenvalue weighted by atomic mass is 16.5. The summed E-state index contributed by atoms with van der Waals surface area (Å²) in [6, 6.07) is 20.8. The average Bonchev–Trinajstić information content (AvgIpc) is 3.39. The van der Waals surface area contributed by atoms with Gasteiger partial charge in [-0.2, -0.15) is 0 Å². The fourth-order valence-corrected chi connectivity index (χ4v) is 6.32. The zero-order chi connectivity index (χ0) is 26.7. The molecule has 1 aliphatic carbocycles. The zero-order valence-electron chi connectivity index (χ0n) is 23.5. The number of rotatable bonds is 7. The van der Waals surface area contributed by atoms with Crippen molar-refractivity contribution in [3.8, 4) is 5.75 Å². The van der Waals surface area contributed by atoms with Crippen molar-refractivity contribution >= 4 is 16.7 Å². The Hall–Kier alpha value is -2.85. The molecular formula is C34H43NO3. The van der Waals surface area contributed by atoms with Crippen molar-refractivity contribution in [1.82, 2.24) is 4.90 Å². The van der Waals surface area contributed by atoms with Gasteiger partial charge in [0.05, 0.1) is 12.0 Å². The molecule has 4 heteroatoms. The number of ether oxygens (including phenoxy) is 2. The highest BCUT2D eigenvalue weighted by Gasteiger charge is 2.32. The molecule has 1 aliphatic heterocycles. The molecule has 0 aromatic heterocycles. The van der Waals surface area contributed by atoms with E-state index in [0.29, 0.717) is 12.0 Å². The van der Waals surface area contributed by atoms with E-state index in [0.717, 1.165) is 56.1 Å². The summed E-state index contributed by atoms with van der Waals surface area (Å²) in [5.41, 5.74) is 3.90. The van der Waals surface area contributed by atoms with Gasteiger partial charge in [-0.15, -0.1) is 0 Å². The minimum Gasteiger partial charge on any atom is -0.490 e. The summed E-state index contributed by atoms with van der Waals surface area (Å²) in [5.74, 6) is 1.63. The van der Waals surface area contributed by atoms with E-state index < -0.39 is 0 Å². The van der Waals surface area contributed by atoms with Gasteiger partial charge in [-0.3, -0.25) is 9.69 Å². The Labute approximate surface area is 228 Å². The predicted octanol–water partition coefficient (Wildman–Crippen LogP) is 7.70. The Morgan fingerprint density at radius 3 is 2.32 bits per heavy atom. The van der Waals surface area contributed by atoms with Gasteiger partial charge in [-0.05, 0) is 84.9 Å². The number of nitrogens with zero attached hydrogens (tertiary/aromatic N) is 1. The van der Waals surface area contributed by atoms with Crippen molar-refractivity contribution < 1.29 is 14.3 Å². The van der Waals surface area contributed by atoms with Crippen LogP contribution in [0.25, 0.3) is 10.8 Å². The number of carbonyl (C=O) groups excluding carboxylic acids is 1. The minimum atomic E-state index is -0.0859. The maximum atomic E-state index is 12.8. The molecule has 0 N–H and O–H groups in total. The van der Waals surface area contributed by atoms with Crippen molar-refractivity contribution in [2.45, 2.75) is 79.1 Å². The summed E-state index contributed by atoms with van der Waals surface area (Å²) in [7, 11) is 0. The number of esters is 1. The number of hydrogen-bond donors (Lipinski definition) is 0. The number of fused-ring (bicyclic) bond motifs is 1. The van der Waals surface area contributed by atoms with Crippen molar-refractivity contribution in [3.63, 3.8) is 0 Å². The number of benzene rings is 3. The molecule has 1 saturated heterocycles. The molecule has 1 saturated carbocycles. The number of carbonyl (C=O) groups is 1. The van der Waals surface area contributed by atoms with Gasteiger partial charge in [0, 0.05) is 18.7 Å². The molecule has 3 aromatic carbocycles. The third kappa shape index (κ3) is 6.23. The molecule has 0 bridgehead atoms. The van der Waals surface area contributed by atoms with Crippen LogP contribution in [0.2, 0.25) is 0 Å². The van der Waals surface area contributed by atoms with Crippen LogP contribution in [-0.2, 0) is 22.7 Å². The Kier molecular flexibility index (Phi) is 8.09. The summed E-state index contributed by atoms with van der Waals surface area (Å²) in [4.78, 5) is 15.2. The third-order valence-corrected chi connectivity index (χ3v) is 8.73. The lowest BCUT2D eigenvalue weighted by atomic mass is 9.72. The standard InChI is InChI=1S/C34H43NO3/c1-24-20-32(38-28-16-14-27(15-17-28)34(2,3)4)31(30-13-9-8-12-29(24)30)22-35-19-18-26(21-35)33(36)37-23-25-10-6-5-7-11-25/h5-13,20,26-28H,14-19,21-23H2,1-4H3/t26-,27-,28-/m1/s1. The lowest BCUT2D eigenvalue weighted by molar-refractivity contribution is -0.149. The lowest BCUT2D eigenvalue weighted by Crippen LogP contribution is -2.31. The Morgan fingerprint density at radius 1 is 0.921 bits per heavy atom. The summed E-state index contributed by atoms with van der Waals surface area (Å²) >= 11 is 0. The van der Waals surface area contributed by atoms with Gasteiger partial charge in [0.1, 0.15) is 12.4 Å². The summed E-state index contributed by atoms with van der Waals surface area (Å²) < 4.78 is 12.5. The highest BCUT2D eigenvalue weighted by Crippen LogP contribution is 2.40. The summed E-state index contributed by atoms with van der Waals surface area (Å²) in [6.45, 7) is 12.0. The van der Waals surface area contributed by atoms with Crippen LogP contribution in [0.4, 0.5) is 0 Å². The lowest BCUT2D eigenvalue weighted by Gasteiger charge is -2.37. The van der Waals surface area contributed by atoms with Crippen LogP contribution < -0.4 is 4.74 Å². The third-order valence-electron chi connectivity index (χ3n) is 8.73. The molecule has 3 aromatic rings. The molecule has 0 unspecified atom stereocenters. The van der Waals surface area contributed by atoms with E-state index >= 15 is 0 Å². The van der Waals surface area contributed by atoms with E-state index in [1.165, 1.54) is 34.7 Å². The molecule has 2 fully saturated rings. The topological polar surface area (TPSA) is 38.8 Å². The Bertz CT molecular complexity index is 1240. The Balaban J connectivity index is 1.28. The van der Waals surface area contributed by atoms with Crippen LogP contribution in [-0.4, -0.2) is 30.1 Å². The normalized spacial score (nSPS) is 22.5. The van der Waals surface area contributed by atoms with Gasteiger partial charge >= 0.3 is 5.97 Å². The molecule has 5 rings (SSSR count). The molecule has 0 spiro atoms. The van der Waals surface area contributed by atoms with E-state index in [1.54, 1.807) is 0 Å². The largest absolute Gasteiger partial charge is 0.490 e. The second-order valence-corrected chi connectivity index (χ2v) is 12.5. The van der Waals surface area contributed by atoms with Crippen molar-refractivity contribution in [2.24, 2.45) is 17.3 Å². The summed E-state index contributed by atoms with van der Waals surface area (Å²) in [6.07, 6.45) is 5.81. The van der Waals surface area contributed by atoms with Crippen LogP contribution >= 0.6 is 0 Å². The zero-order valence-corrected chi connectivity index (χ0v) is 23.5. The van der Waals surface area contributed by atoms with Gasteiger partial charge in [-0.1, -0.05) is 75.4 Å². The second-order valence-electron chi connectivity index (χ2n) is 12.5. The van der Waals surface area contributed by atoms with Gasteiger partial charge in [0.25, 0.3) is 0 Å². The van der Waals surface area contributed by atoms with Crippen LogP contribution in [0.3, 0.4) is 0 Å². The van der Waals surface area contributed by atoms with Crippen LogP contribution in [0, 0.1) is 24.2 Å². The van der Waals surface area contributed by atoms with E-state index in [1.807, 2.05) is 30.3 Å². The first kappa shape index (κ1) is 26.7. The molecule has 1 atom stereocenters. The van der Waals surface area contributed by atoms with Crippen LogP contribution in [0.15, 0.2) is 60.7 Å².